The van der Waals surface area contributed by atoms with Gasteiger partial charge in [0.15, 0.2) is 0 Å². The molecule has 1 aromatic rings. The van der Waals surface area contributed by atoms with Crippen molar-refractivity contribution in [2.75, 3.05) is 18.9 Å². The molecule has 2 unspecified atom stereocenters. The van der Waals surface area contributed by atoms with Gasteiger partial charge in [-0.1, -0.05) is 6.92 Å². The predicted molar refractivity (Wildman–Crippen MR) is 74.2 cm³/mol. The standard InChI is InChI=1S/C13H17BrN2O2/c1-8-4-5-16(12(8)7-17)13(18)9-2-3-11(15)10(14)6-9/h2-3,6,8,12,17H,4-5,7,15H2,1H3. The molecule has 18 heavy (non-hydrogen) atoms. The minimum Gasteiger partial charge on any atom is -0.398 e. The van der Waals surface area contributed by atoms with E-state index in [1.165, 1.54) is 0 Å². The molecule has 1 fully saturated rings. The van der Waals surface area contributed by atoms with E-state index < -0.39 is 0 Å². The summed E-state index contributed by atoms with van der Waals surface area (Å²) in [5.74, 6) is 0.301. The Morgan fingerprint density at radius 1 is 1.61 bits per heavy atom. The zero-order valence-electron chi connectivity index (χ0n) is 10.3. The van der Waals surface area contributed by atoms with Gasteiger partial charge in [-0.15, -0.1) is 0 Å². The van der Waals surface area contributed by atoms with Crippen molar-refractivity contribution in [3.8, 4) is 0 Å². The summed E-state index contributed by atoms with van der Waals surface area (Å²) in [6.07, 6.45) is 0.938. The smallest absolute Gasteiger partial charge is 0.254 e. The van der Waals surface area contributed by atoms with Crippen LogP contribution in [0, 0.1) is 5.92 Å². The Balaban J connectivity index is 2.23. The first kappa shape index (κ1) is 13.4. The van der Waals surface area contributed by atoms with Crippen LogP contribution in [0.25, 0.3) is 0 Å². The molecule has 0 aromatic heterocycles. The van der Waals surface area contributed by atoms with Gasteiger partial charge in [-0.05, 0) is 46.5 Å². The molecule has 1 amide bonds. The number of carbonyl (C=O) groups excluding carboxylic acids is 1. The Hall–Kier alpha value is -1.07. The van der Waals surface area contributed by atoms with Crippen molar-refractivity contribution in [2.24, 2.45) is 5.92 Å². The molecule has 5 heteroatoms. The Bertz CT molecular complexity index is 464. The Kier molecular flexibility index (Phi) is 3.92. The average Bonchev–Trinajstić information content (AvgIpc) is 2.73. The molecule has 1 aliphatic rings. The molecule has 0 spiro atoms. The van der Waals surface area contributed by atoms with Crippen LogP contribution in [0.1, 0.15) is 23.7 Å². The van der Waals surface area contributed by atoms with Gasteiger partial charge in [-0.3, -0.25) is 4.79 Å². The summed E-state index contributed by atoms with van der Waals surface area (Å²) < 4.78 is 0.723. The predicted octanol–water partition coefficient (Wildman–Crippen LogP) is 1.87. The normalized spacial score (nSPS) is 23.4. The Morgan fingerprint density at radius 2 is 2.33 bits per heavy atom. The first-order chi connectivity index (χ1) is 8.54. The number of anilines is 1. The van der Waals surface area contributed by atoms with E-state index >= 15 is 0 Å². The van der Waals surface area contributed by atoms with Crippen LogP contribution in [0.2, 0.25) is 0 Å². The zero-order valence-corrected chi connectivity index (χ0v) is 11.9. The summed E-state index contributed by atoms with van der Waals surface area (Å²) in [6, 6.07) is 5.09. The van der Waals surface area contributed by atoms with Crippen LogP contribution in [0.5, 0.6) is 0 Å². The minimum atomic E-state index is -0.0752. The van der Waals surface area contributed by atoms with Crippen LogP contribution < -0.4 is 5.73 Å². The van der Waals surface area contributed by atoms with Gasteiger partial charge in [-0.2, -0.15) is 0 Å². The highest BCUT2D eigenvalue weighted by atomic mass is 79.9. The summed E-state index contributed by atoms with van der Waals surface area (Å²) in [5.41, 5.74) is 6.92. The molecule has 0 aliphatic carbocycles. The van der Waals surface area contributed by atoms with E-state index in [1.807, 2.05) is 0 Å². The lowest BCUT2D eigenvalue weighted by atomic mass is 10.0. The third-order valence-corrected chi connectivity index (χ3v) is 4.26. The first-order valence-corrected chi connectivity index (χ1v) is 6.80. The second kappa shape index (κ2) is 5.28. The molecule has 2 atom stereocenters. The average molecular weight is 313 g/mol. The number of halogens is 1. The molecule has 2 rings (SSSR count). The fourth-order valence-electron chi connectivity index (χ4n) is 2.36. The molecular formula is C13H17BrN2O2. The van der Waals surface area contributed by atoms with E-state index in [0.717, 1.165) is 10.9 Å². The first-order valence-electron chi connectivity index (χ1n) is 6.01. The summed E-state index contributed by atoms with van der Waals surface area (Å²) in [5, 5.41) is 9.38. The maximum absolute atomic E-state index is 12.4. The maximum atomic E-state index is 12.4. The van der Waals surface area contributed by atoms with Crippen molar-refractivity contribution >= 4 is 27.5 Å². The summed E-state index contributed by atoms with van der Waals surface area (Å²) in [6.45, 7) is 2.78. The van der Waals surface area contributed by atoms with Crippen LogP contribution in [-0.2, 0) is 0 Å². The molecule has 0 bridgehead atoms. The quantitative estimate of drug-likeness (QED) is 0.819. The number of benzene rings is 1. The van der Waals surface area contributed by atoms with Crippen molar-refractivity contribution < 1.29 is 9.90 Å². The number of hydrogen-bond acceptors (Lipinski definition) is 3. The Labute approximate surface area is 115 Å². The van der Waals surface area contributed by atoms with Crippen molar-refractivity contribution in [1.82, 2.24) is 4.90 Å². The van der Waals surface area contributed by atoms with Gasteiger partial charge in [0.1, 0.15) is 0 Å². The fourth-order valence-corrected chi connectivity index (χ4v) is 2.74. The largest absolute Gasteiger partial charge is 0.398 e. The molecular weight excluding hydrogens is 296 g/mol. The molecule has 1 heterocycles. The lowest BCUT2D eigenvalue weighted by Crippen LogP contribution is -2.39. The molecule has 0 radical (unpaired) electrons. The highest BCUT2D eigenvalue weighted by molar-refractivity contribution is 9.10. The van der Waals surface area contributed by atoms with Gasteiger partial charge in [0, 0.05) is 22.3 Å². The van der Waals surface area contributed by atoms with Crippen molar-refractivity contribution in [1.29, 1.82) is 0 Å². The van der Waals surface area contributed by atoms with E-state index in [-0.39, 0.29) is 18.6 Å². The number of aliphatic hydroxyl groups excluding tert-OH is 1. The molecule has 1 aromatic carbocycles. The third-order valence-electron chi connectivity index (χ3n) is 3.58. The van der Waals surface area contributed by atoms with Crippen molar-refractivity contribution in [2.45, 2.75) is 19.4 Å². The van der Waals surface area contributed by atoms with E-state index in [4.69, 9.17) is 5.73 Å². The second-order valence-electron chi connectivity index (χ2n) is 4.75. The maximum Gasteiger partial charge on any atom is 0.254 e. The van der Waals surface area contributed by atoms with Crippen LogP contribution in [0.15, 0.2) is 22.7 Å². The van der Waals surface area contributed by atoms with Crippen molar-refractivity contribution in [3.05, 3.63) is 28.2 Å². The van der Waals surface area contributed by atoms with E-state index in [2.05, 4.69) is 22.9 Å². The number of nitrogen functional groups attached to an aromatic ring is 1. The molecule has 4 nitrogen and oxygen atoms in total. The summed E-state index contributed by atoms with van der Waals surface area (Å²) in [7, 11) is 0. The van der Waals surface area contributed by atoms with Crippen molar-refractivity contribution in [3.63, 3.8) is 0 Å². The van der Waals surface area contributed by atoms with E-state index in [1.54, 1.807) is 23.1 Å². The van der Waals surface area contributed by atoms with Gasteiger partial charge < -0.3 is 15.7 Å². The third kappa shape index (κ3) is 2.37. The summed E-state index contributed by atoms with van der Waals surface area (Å²) >= 11 is 3.32. The van der Waals surface area contributed by atoms with Crippen LogP contribution in [-0.4, -0.2) is 35.1 Å². The lowest BCUT2D eigenvalue weighted by molar-refractivity contribution is 0.0648. The monoisotopic (exact) mass is 312 g/mol. The lowest BCUT2D eigenvalue weighted by Gasteiger charge is -2.25. The van der Waals surface area contributed by atoms with E-state index in [0.29, 0.717) is 23.7 Å². The summed E-state index contributed by atoms with van der Waals surface area (Å²) in [4.78, 5) is 14.1. The SMILES string of the molecule is CC1CCN(C(=O)c2ccc(N)c(Br)c2)C1CO. The van der Waals surface area contributed by atoms with Gasteiger partial charge >= 0.3 is 0 Å². The highest BCUT2D eigenvalue weighted by Crippen LogP contribution is 2.27. The highest BCUT2D eigenvalue weighted by Gasteiger charge is 2.34. The number of rotatable bonds is 2. The van der Waals surface area contributed by atoms with Gasteiger partial charge in [0.2, 0.25) is 0 Å². The van der Waals surface area contributed by atoms with Gasteiger partial charge in [-0.25, -0.2) is 0 Å². The number of hydrogen-bond donors (Lipinski definition) is 2. The molecule has 98 valence electrons. The van der Waals surface area contributed by atoms with Crippen LogP contribution in [0.4, 0.5) is 5.69 Å². The molecule has 3 N–H and O–H groups in total. The number of amides is 1. The Morgan fingerprint density at radius 3 is 2.94 bits per heavy atom. The molecule has 1 aliphatic heterocycles. The topological polar surface area (TPSA) is 66.6 Å². The van der Waals surface area contributed by atoms with Gasteiger partial charge in [0.25, 0.3) is 5.91 Å². The minimum absolute atomic E-state index is 0.0169. The van der Waals surface area contributed by atoms with Crippen LogP contribution >= 0.6 is 15.9 Å². The number of nitrogens with two attached hydrogens (primary N) is 1. The van der Waals surface area contributed by atoms with Crippen LogP contribution in [0.3, 0.4) is 0 Å². The fraction of sp³-hybridized carbons (Fsp3) is 0.462. The number of likely N-dealkylation sites (tertiary alicyclic amines) is 1. The van der Waals surface area contributed by atoms with Gasteiger partial charge in [0.05, 0.1) is 12.6 Å². The van der Waals surface area contributed by atoms with E-state index in [9.17, 15) is 9.90 Å². The number of aliphatic hydroxyl groups is 1. The number of nitrogens with zero attached hydrogens (tertiary/aromatic N) is 1. The second-order valence-corrected chi connectivity index (χ2v) is 5.61. The molecule has 1 saturated heterocycles. The number of carbonyl (C=O) groups is 1. The molecule has 0 saturated carbocycles. The zero-order chi connectivity index (χ0) is 13.3.